The molecule has 1 fully saturated rings. The van der Waals surface area contributed by atoms with Gasteiger partial charge in [-0.2, -0.15) is 0 Å². The van der Waals surface area contributed by atoms with Gasteiger partial charge in [0.25, 0.3) is 0 Å². The molecule has 0 spiro atoms. The molecule has 0 aliphatic heterocycles. The molecule has 116 valence electrons. The van der Waals surface area contributed by atoms with Crippen molar-refractivity contribution in [3.05, 3.63) is 0 Å². The molecule has 1 saturated carbocycles. The minimum atomic E-state index is -0.100. The molecule has 1 rings (SSSR count). The van der Waals surface area contributed by atoms with Crippen LogP contribution in [0.3, 0.4) is 0 Å². The van der Waals surface area contributed by atoms with Gasteiger partial charge in [0.05, 0.1) is 0 Å². The third-order valence-electron chi connectivity index (χ3n) is 4.55. The molecule has 0 N–H and O–H groups in total. The van der Waals surface area contributed by atoms with E-state index in [-0.39, 0.29) is 23.7 Å². The Hall–Kier alpha value is -1.06. The van der Waals surface area contributed by atoms with E-state index in [2.05, 4.69) is 0 Å². The Balaban J connectivity index is 2.86. The van der Waals surface area contributed by atoms with E-state index in [0.29, 0.717) is 0 Å². The summed E-state index contributed by atoms with van der Waals surface area (Å²) in [4.78, 5) is 29.0. The maximum Gasteiger partial charge on any atom is 0.226 e. The second kappa shape index (κ2) is 8.28. The smallest absolute Gasteiger partial charge is 0.226 e. The normalized spacial score (nSPS) is 22.4. The molecule has 2 atom stereocenters. The second-order valence-corrected chi connectivity index (χ2v) is 5.52. The van der Waals surface area contributed by atoms with E-state index in [4.69, 9.17) is 0 Å². The van der Waals surface area contributed by atoms with Crippen LogP contribution in [0.15, 0.2) is 0 Å². The third-order valence-corrected chi connectivity index (χ3v) is 4.55. The molecule has 0 aromatic rings. The van der Waals surface area contributed by atoms with Gasteiger partial charge in [-0.3, -0.25) is 9.59 Å². The molecule has 0 aromatic heterocycles. The lowest BCUT2D eigenvalue weighted by Crippen LogP contribution is -2.46. The molecule has 0 radical (unpaired) electrons. The van der Waals surface area contributed by atoms with Gasteiger partial charge in [-0.15, -0.1) is 0 Å². The summed E-state index contributed by atoms with van der Waals surface area (Å²) in [7, 11) is 0. The van der Waals surface area contributed by atoms with Crippen LogP contribution in [-0.2, 0) is 9.59 Å². The number of hydrogen-bond acceptors (Lipinski definition) is 2. The lowest BCUT2D eigenvalue weighted by Gasteiger charge is -2.35. The maximum absolute atomic E-state index is 12.6. The van der Waals surface area contributed by atoms with E-state index >= 15 is 0 Å². The second-order valence-electron chi connectivity index (χ2n) is 5.52. The quantitative estimate of drug-likeness (QED) is 0.751. The van der Waals surface area contributed by atoms with Gasteiger partial charge in [0, 0.05) is 38.0 Å². The topological polar surface area (TPSA) is 40.6 Å². The molecule has 4 heteroatoms. The first-order chi connectivity index (χ1) is 9.60. The van der Waals surface area contributed by atoms with E-state index < -0.39 is 0 Å². The Labute approximate surface area is 123 Å². The van der Waals surface area contributed by atoms with Crippen molar-refractivity contribution in [2.45, 2.75) is 53.4 Å². The number of rotatable bonds is 6. The van der Waals surface area contributed by atoms with Crippen LogP contribution in [0.25, 0.3) is 0 Å². The van der Waals surface area contributed by atoms with Crippen molar-refractivity contribution in [2.75, 3.05) is 26.2 Å². The Morgan fingerprint density at radius 3 is 1.30 bits per heavy atom. The first-order valence-corrected chi connectivity index (χ1v) is 8.18. The Morgan fingerprint density at radius 2 is 1.05 bits per heavy atom. The van der Waals surface area contributed by atoms with Crippen molar-refractivity contribution in [2.24, 2.45) is 11.8 Å². The largest absolute Gasteiger partial charge is 0.343 e. The standard InChI is InChI=1S/C16H30N2O2/c1-5-17(6-2)15(19)13-11-9-10-12-14(13)16(20)18(7-3)8-4/h13-14H,5-12H2,1-4H3/t13-,14-/m0/s1. The number of amides is 2. The SMILES string of the molecule is CCN(CC)C(=O)[C@H]1CCCC[C@@H]1C(=O)N(CC)CC. The van der Waals surface area contributed by atoms with Crippen molar-refractivity contribution in [1.29, 1.82) is 0 Å². The molecule has 1 aliphatic rings. The maximum atomic E-state index is 12.6. The zero-order valence-electron chi connectivity index (χ0n) is 13.5. The summed E-state index contributed by atoms with van der Waals surface area (Å²) in [5.41, 5.74) is 0. The molecule has 0 bridgehead atoms. The van der Waals surface area contributed by atoms with E-state index in [1.54, 1.807) is 0 Å². The molecular weight excluding hydrogens is 252 g/mol. The third kappa shape index (κ3) is 3.74. The Morgan fingerprint density at radius 1 is 0.750 bits per heavy atom. The fourth-order valence-corrected chi connectivity index (χ4v) is 3.26. The van der Waals surface area contributed by atoms with Crippen LogP contribution >= 0.6 is 0 Å². The highest BCUT2D eigenvalue weighted by molar-refractivity contribution is 5.88. The van der Waals surface area contributed by atoms with Gasteiger partial charge in [0.1, 0.15) is 0 Å². The summed E-state index contributed by atoms with van der Waals surface area (Å²) in [5.74, 6) is 0.161. The summed E-state index contributed by atoms with van der Waals surface area (Å²) in [6, 6.07) is 0. The van der Waals surface area contributed by atoms with E-state index in [1.807, 2.05) is 37.5 Å². The lowest BCUT2D eigenvalue weighted by molar-refractivity contribution is -0.147. The van der Waals surface area contributed by atoms with Gasteiger partial charge < -0.3 is 9.80 Å². The average molecular weight is 282 g/mol. The van der Waals surface area contributed by atoms with Gasteiger partial charge in [-0.05, 0) is 40.5 Å². The minimum Gasteiger partial charge on any atom is -0.343 e. The van der Waals surface area contributed by atoms with Gasteiger partial charge in [0.2, 0.25) is 11.8 Å². The predicted molar refractivity (Wildman–Crippen MR) is 81.3 cm³/mol. The van der Waals surface area contributed by atoms with Crippen LogP contribution in [-0.4, -0.2) is 47.8 Å². The van der Waals surface area contributed by atoms with E-state index in [1.165, 1.54) is 0 Å². The van der Waals surface area contributed by atoms with Gasteiger partial charge in [-0.25, -0.2) is 0 Å². The van der Waals surface area contributed by atoms with Crippen molar-refractivity contribution in [3.8, 4) is 0 Å². The monoisotopic (exact) mass is 282 g/mol. The van der Waals surface area contributed by atoms with Crippen LogP contribution in [0.5, 0.6) is 0 Å². The molecule has 4 nitrogen and oxygen atoms in total. The molecule has 0 saturated heterocycles. The van der Waals surface area contributed by atoms with Crippen LogP contribution in [0.1, 0.15) is 53.4 Å². The highest BCUT2D eigenvalue weighted by atomic mass is 16.2. The van der Waals surface area contributed by atoms with Crippen molar-refractivity contribution < 1.29 is 9.59 Å². The zero-order chi connectivity index (χ0) is 15.1. The fraction of sp³-hybridized carbons (Fsp3) is 0.875. The highest BCUT2D eigenvalue weighted by Crippen LogP contribution is 2.33. The minimum absolute atomic E-state index is 0.100. The first kappa shape index (κ1) is 17.0. The molecule has 0 heterocycles. The average Bonchev–Trinajstić information content (AvgIpc) is 2.49. The number of nitrogens with zero attached hydrogens (tertiary/aromatic N) is 2. The van der Waals surface area contributed by atoms with Crippen molar-refractivity contribution >= 4 is 11.8 Å². The van der Waals surface area contributed by atoms with Crippen LogP contribution in [0, 0.1) is 11.8 Å². The Bertz CT molecular complexity index is 290. The summed E-state index contributed by atoms with van der Waals surface area (Å²) < 4.78 is 0. The molecule has 0 unspecified atom stereocenters. The number of carbonyl (C=O) groups excluding carboxylic acids is 2. The molecule has 2 amide bonds. The zero-order valence-corrected chi connectivity index (χ0v) is 13.5. The van der Waals surface area contributed by atoms with E-state index in [9.17, 15) is 9.59 Å². The number of hydrogen-bond donors (Lipinski definition) is 0. The summed E-state index contributed by atoms with van der Waals surface area (Å²) in [5, 5.41) is 0. The van der Waals surface area contributed by atoms with Crippen molar-refractivity contribution in [1.82, 2.24) is 9.80 Å². The summed E-state index contributed by atoms with van der Waals surface area (Å²) in [6.45, 7) is 11.0. The Kier molecular flexibility index (Phi) is 7.03. The van der Waals surface area contributed by atoms with Crippen molar-refractivity contribution in [3.63, 3.8) is 0 Å². The van der Waals surface area contributed by atoms with E-state index in [0.717, 1.165) is 51.9 Å². The van der Waals surface area contributed by atoms with Gasteiger partial charge in [-0.1, -0.05) is 12.8 Å². The van der Waals surface area contributed by atoms with Crippen LogP contribution in [0.2, 0.25) is 0 Å². The highest BCUT2D eigenvalue weighted by Gasteiger charge is 2.38. The molecule has 20 heavy (non-hydrogen) atoms. The summed E-state index contributed by atoms with van der Waals surface area (Å²) in [6.07, 6.45) is 3.87. The number of carbonyl (C=O) groups is 2. The molecule has 1 aliphatic carbocycles. The predicted octanol–water partition coefficient (Wildman–Crippen LogP) is 2.53. The van der Waals surface area contributed by atoms with Gasteiger partial charge in [0.15, 0.2) is 0 Å². The molecular formula is C16H30N2O2. The van der Waals surface area contributed by atoms with Crippen LogP contribution < -0.4 is 0 Å². The van der Waals surface area contributed by atoms with Gasteiger partial charge >= 0.3 is 0 Å². The van der Waals surface area contributed by atoms with Crippen LogP contribution in [0.4, 0.5) is 0 Å². The lowest BCUT2D eigenvalue weighted by atomic mass is 9.77. The molecule has 0 aromatic carbocycles. The fourth-order valence-electron chi connectivity index (χ4n) is 3.26. The first-order valence-electron chi connectivity index (χ1n) is 8.18. The summed E-state index contributed by atoms with van der Waals surface area (Å²) >= 11 is 0.